The molecular weight excluding hydrogens is 336 g/mol. The van der Waals surface area contributed by atoms with Crippen molar-refractivity contribution in [3.63, 3.8) is 0 Å². The van der Waals surface area contributed by atoms with Crippen molar-refractivity contribution >= 4 is 22.6 Å². The Morgan fingerprint density at radius 3 is 2.59 bits per heavy atom. The van der Waals surface area contributed by atoms with Crippen molar-refractivity contribution in [1.82, 2.24) is 14.5 Å². The molecule has 0 unspecified atom stereocenters. The molecular formula is C22H34N4O. The lowest BCUT2D eigenvalue weighted by molar-refractivity contribution is -0.116. The number of unbranched alkanes of at least 4 members (excludes halogenated alkanes) is 1. The molecule has 1 N–H and O–H groups in total. The number of fused-ring (bicyclic) bond motifs is 1. The number of hydrogen-bond donors (Lipinski definition) is 1. The number of aromatic nitrogens is 2. The van der Waals surface area contributed by atoms with Crippen molar-refractivity contribution in [2.75, 3.05) is 18.4 Å². The molecule has 1 saturated heterocycles. The standard InChI is InChI=1S/C22H34N4O/c1-3-5-15-26-20-12-11-18(23-22(27)10-4-2)16-19(20)24-21(26)17-25-13-8-6-7-9-14-25/h11-12,16H,3-10,13-15,17H2,1-2H3,(H,23,27). The Labute approximate surface area is 163 Å². The maximum absolute atomic E-state index is 11.9. The van der Waals surface area contributed by atoms with Crippen molar-refractivity contribution in [2.45, 2.75) is 78.3 Å². The zero-order valence-corrected chi connectivity index (χ0v) is 17.0. The van der Waals surface area contributed by atoms with Gasteiger partial charge in [0, 0.05) is 18.7 Å². The summed E-state index contributed by atoms with van der Waals surface area (Å²) in [4.78, 5) is 19.4. The van der Waals surface area contributed by atoms with Crippen LogP contribution in [0, 0.1) is 0 Å². The highest BCUT2D eigenvalue weighted by molar-refractivity contribution is 5.93. The van der Waals surface area contributed by atoms with E-state index in [2.05, 4.69) is 27.8 Å². The summed E-state index contributed by atoms with van der Waals surface area (Å²) in [5.41, 5.74) is 3.02. The second kappa shape index (κ2) is 9.88. The summed E-state index contributed by atoms with van der Waals surface area (Å²) < 4.78 is 2.39. The number of amides is 1. The van der Waals surface area contributed by atoms with Crippen LogP contribution >= 0.6 is 0 Å². The third kappa shape index (κ3) is 5.32. The van der Waals surface area contributed by atoms with Gasteiger partial charge in [0.05, 0.1) is 17.6 Å². The Balaban J connectivity index is 1.84. The van der Waals surface area contributed by atoms with Crippen LogP contribution in [0.1, 0.15) is 71.0 Å². The summed E-state index contributed by atoms with van der Waals surface area (Å²) in [5, 5.41) is 3.00. The number of rotatable bonds is 8. The first-order valence-electron chi connectivity index (χ1n) is 10.7. The largest absolute Gasteiger partial charge is 0.327 e. The summed E-state index contributed by atoms with van der Waals surface area (Å²) in [5.74, 6) is 1.24. The molecule has 1 amide bonds. The molecule has 3 rings (SSSR count). The summed E-state index contributed by atoms with van der Waals surface area (Å²) in [6.07, 6.45) is 9.04. The zero-order valence-electron chi connectivity index (χ0n) is 17.0. The van der Waals surface area contributed by atoms with Gasteiger partial charge < -0.3 is 9.88 Å². The number of carbonyl (C=O) groups excluding carboxylic acids is 1. The fourth-order valence-electron chi connectivity index (χ4n) is 3.89. The molecule has 1 aliphatic rings. The topological polar surface area (TPSA) is 50.2 Å². The van der Waals surface area contributed by atoms with E-state index in [1.807, 2.05) is 19.1 Å². The predicted octanol–water partition coefficient (Wildman–Crippen LogP) is 4.95. The van der Waals surface area contributed by atoms with Crippen molar-refractivity contribution in [3.8, 4) is 0 Å². The third-order valence-electron chi connectivity index (χ3n) is 5.39. The highest BCUT2D eigenvalue weighted by Crippen LogP contribution is 2.23. The van der Waals surface area contributed by atoms with Crippen LogP contribution in [0.15, 0.2) is 18.2 Å². The second-order valence-corrected chi connectivity index (χ2v) is 7.73. The lowest BCUT2D eigenvalue weighted by atomic mass is 10.2. The fraction of sp³-hybridized carbons (Fsp3) is 0.636. The van der Waals surface area contributed by atoms with Crippen LogP contribution in [-0.2, 0) is 17.9 Å². The molecule has 0 bridgehead atoms. The molecule has 0 aliphatic carbocycles. The first-order valence-corrected chi connectivity index (χ1v) is 10.7. The van der Waals surface area contributed by atoms with E-state index in [-0.39, 0.29) is 5.91 Å². The predicted molar refractivity (Wildman–Crippen MR) is 112 cm³/mol. The number of nitrogens with one attached hydrogen (secondary N) is 1. The maximum atomic E-state index is 11.9. The van der Waals surface area contributed by atoms with Crippen molar-refractivity contribution in [3.05, 3.63) is 24.0 Å². The van der Waals surface area contributed by atoms with E-state index < -0.39 is 0 Å². The summed E-state index contributed by atoms with van der Waals surface area (Å²) in [6, 6.07) is 6.15. The van der Waals surface area contributed by atoms with Gasteiger partial charge in [0.25, 0.3) is 0 Å². The number of anilines is 1. The zero-order chi connectivity index (χ0) is 19.1. The van der Waals surface area contributed by atoms with Crippen LogP contribution in [-0.4, -0.2) is 33.4 Å². The van der Waals surface area contributed by atoms with Gasteiger partial charge in [-0.1, -0.05) is 33.1 Å². The van der Waals surface area contributed by atoms with Crippen LogP contribution < -0.4 is 5.32 Å². The van der Waals surface area contributed by atoms with E-state index >= 15 is 0 Å². The monoisotopic (exact) mass is 370 g/mol. The first kappa shape index (κ1) is 19.9. The molecule has 0 saturated carbocycles. The van der Waals surface area contributed by atoms with E-state index in [9.17, 15) is 4.79 Å². The quantitative estimate of drug-likeness (QED) is 0.715. The van der Waals surface area contributed by atoms with Crippen molar-refractivity contribution < 1.29 is 4.79 Å². The Kier molecular flexibility index (Phi) is 7.27. The Bertz CT molecular complexity index is 744. The third-order valence-corrected chi connectivity index (χ3v) is 5.39. The fourth-order valence-corrected chi connectivity index (χ4v) is 3.89. The number of likely N-dealkylation sites (tertiary alicyclic amines) is 1. The van der Waals surface area contributed by atoms with Crippen molar-refractivity contribution in [1.29, 1.82) is 0 Å². The van der Waals surface area contributed by atoms with Gasteiger partial charge in [-0.25, -0.2) is 4.98 Å². The molecule has 1 aromatic carbocycles. The summed E-state index contributed by atoms with van der Waals surface area (Å²) in [7, 11) is 0. The van der Waals surface area contributed by atoms with Gasteiger partial charge >= 0.3 is 0 Å². The average molecular weight is 371 g/mol. The van der Waals surface area contributed by atoms with Crippen LogP contribution in [0.5, 0.6) is 0 Å². The lowest BCUT2D eigenvalue weighted by Gasteiger charge is -2.20. The van der Waals surface area contributed by atoms with E-state index in [1.54, 1.807) is 0 Å². The van der Waals surface area contributed by atoms with Gasteiger partial charge in [0.2, 0.25) is 5.91 Å². The van der Waals surface area contributed by atoms with Gasteiger partial charge in [0.1, 0.15) is 5.82 Å². The van der Waals surface area contributed by atoms with E-state index in [1.165, 1.54) is 50.7 Å². The van der Waals surface area contributed by atoms with E-state index in [0.717, 1.165) is 43.0 Å². The van der Waals surface area contributed by atoms with Crippen LogP contribution in [0.4, 0.5) is 5.69 Å². The van der Waals surface area contributed by atoms with Crippen LogP contribution in [0.2, 0.25) is 0 Å². The van der Waals surface area contributed by atoms with Gasteiger partial charge in [-0.15, -0.1) is 0 Å². The highest BCUT2D eigenvalue weighted by atomic mass is 16.1. The molecule has 148 valence electrons. The highest BCUT2D eigenvalue weighted by Gasteiger charge is 2.16. The SMILES string of the molecule is CCCCn1c(CN2CCCCCC2)nc2cc(NC(=O)CCC)ccc21. The number of hydrogen-bond acceptors (Lipinski definition) is 3. The Hall–Kier alpha value is -1.88. The molecule has 1 aliphatic heterocycles. The molecule has 2 aromatic rings. The van der Waals surface area contributed by atoms with Crippen molar-refractivity contribution in [2.24, 2.45) is 0 Å². The molecule has 5 heteroatoms. The van der Waals surface area contributed by atoms with Crippen LogP contribution in [0.25, 0.3) is 11.0 Å². The minimum absolute atomic E-state index is 0.0760. The average Bonchev–Trinajstić information content (AvgIpc) is 2.80. The van der Waals surface area contributed by atoms with Gasteiger partial charge in [-0.3, -0.25) is 9.69 Å². The molecule has 0 radical (unpaired) electrons. The molecule has 1 fully saturated rings. The van der Waals surface area contributed by atoms with Gasteiger partial charge in [-0.2, -0.15) is 0 Å². The number of imidazole rings is 1. The minimum atomic E-state index is 0.0760. The normalized spacial score (nSPS) is 15.8. The van der Waals surface area contributed by atoms with Crippen LogP contribution in [0.3, 0.4) is 0 Å². The summed E-state index contributed by atoms with van der Waals surface area (Å²) >= 11 is 0. The smallest absolute Gasteiger partial charge is 0.224 e. The minimum Gasteiger partial charge on any atom is -0.327 e. The number of nitrogens with zero attached hydrogens (tertiary/aromatic N) is 3. The number of aryl methyl sites for hydroxylation is 1. The first-order chi connectivity index (χ1) is 13.2. The van der Waals surface area contributed by atoms with Gasteiger partial charge in [0.15, 0.2) is 0 Å². The Morgan fingerprint density at radius 2 is 1.89 bits per heavy atom. The summed E-state index contributed by atoms with van der Waals surface area (Å²) in [6.45, 7) is 8.54. The maximum Gasteiger partial charge on any atom is 0.224 e. The molecule has 2 heterocycles. The molecule has 27 heavy (non-hydrogen) atoms. The lowest BCUT2D eigenvalue weighted by Crippen LogP contribution is -2.26. The molecule has 5 nitrogen and oxygen atoms in total. The van der Waals surface area contributed by atoms with Gasteiger partial charge in [-0.05, 0) is 57.0 Å². The number of benzene rings is 1. The van der Waals surface area contributed by atoms with E-state index in [0.29, 0.717) is 6.42 Å². The molecule has 0 spiro atoms. The molecule has 1 aromatic heterocycles. The number of carbonyl (C=O) groups is 1. The molecule has 0 atom stereocenters. The second-order valence-electron chi connectivity index (χ2n) is 7.73. The Morgan fingerprint density at radius 1 is 1.11 bits per heavy atom. The van der Waals surface area contributed by atoms with E-state index in [4.69, 9.17) is 4.98 Å².